The lowest BCUT2D eigenvalue weighted by molar-refractivity contribution is -0.162. The van der Waals surface area contributed by atoms with Crippen LogP contribution in [0.4, 0.5) is 10.5 Å². The number of rotatable bonds is 16. The molecule has 0 saturated carbocycles. The van der Waals surface area contributed by atoms with E-state index in [4.69, 9.17) is 35.3 Å². The number of fused-ring (bicyclic) bond motifs is 5. The zero-order chi connectivity index (χ0) is 49.4. The summed E-state index contributed by atoms with van der Waals surface area (Å²) in [5.74, 6) is -1.64. The van der Waals surface area contributed by atoms with Crippen LogP contribution in [0.25, 0.3) is 0 Å². The molecular weight excluding hydrogens is 950 g/mol. The van der Waals surface area contributed by atoms with Gasteiger partial charge in [0.25, 0.3) is 0 Å². The molecule has 22 heteroatoms. The minimum Gasteiger partial charge on any atom is -0.495 e. The summed E-state index contributed by atoms with van der Waals surface area (Å²) in [5, 5.41) is 16.9. The van der Waals surface area contributed by atoms with Crippen LogP contribution in [-0.4, -0.2) is 163 Å². The summed E-state index contributed by atoms with van der Waals surface area (Å²) in [6.07, 6.45) is 2.63. The molecular formula is C45H62ClN5O13S3. The highest BCUT2D eigenvalue weighted by Crippen LogP contribution is 2.49. The number of esters is 1. The van der Waals surface area contributed by atoms with Crippen LogP contribution in [0.2, 0.25) is 5.02 Å². The third-order valence-corrected chi connectivity index (χ3v) is 16.3. The van der Waals surface area contributed by atoms with Crippen LogP contribution in [0.5, 0.6) is 5.75 Å². The van der Waals surface area contributed by atoms with Crippen LogP contribution < -0.4 is 20.3 Å². The maximum Gasteiger partial charge on any atom is 0.409 e. The monoisotopic (exact) mass is 1010 g/mol. The average molecular weight is 1010 g/mol. The summed E-state index contributed by atoms with van der Waals surface area (Å²) in [6.45, 7) is 7.31. The highest BCUT2D eigenvalue weighted by molar-refractivity contribution is 8.76. The van der Waals surface area contributed by atoms with Crippen LogP contribution >= 0.6 is 45.0 Å². The third-order valence-electron chi connectivity index (χ3n) is 12.6. The van der Waals surface area contributed by atoms with E-state index in [-0.39, 0.29) is 67.3 Å². The smallest absolute Gasteiger partial charge is 0.409 e. The predicted octanol–water partition coefficient (Wildman–Crippen LogP) is 4.28. The first kappa shape index (κ1) is 54.0. The summed E-state index contributed by atoms with van der Waals surface area (Å²) in [7, 11) is 8.83. The number of halogens is 1. The standard InChI is InChI=1S/C45H62ClN5O13S3/c1-25-11-10-12-33(61-8)45(59)24-31(62-43(58)48-45)26(2)40-44(4,64-40)34(23-37(54)50(6)29-20-28(19-25)21-30(60-7)39(29)46)63-42(57)27(3)49(5)36(53)14-17-66-67-18-15-47-35(52)13-16-51-38(55)22-32(65-9)41(51)56/h10-12,20-21,26-27,31-34,40,59H,13-19,22-24H2,1-9H3,(H,47,52)(H,48,58)/b12-10+,25-11+/t26-,27+,31+,32?,33-,34+,40+,44-,45+/m1/s1. The van der Waals surface area contributed by atoms with Gasteiger partial charge in [-0.05, 0) is 51.1 Å². The second-order valence-electron chi connectivity index (χ2n) is 17.2. The van der Waals surface area contributed by atoms with E-state index in [1.165, 1.54) is 71.3 Å². The zero-order valence-electron chi connectivity index (χ0n) is 39.3. The van der Waals surface area contributed by atoms with E-state index in [1.54, 1.807) is 51.4 Å². The Bertz CT molecular complexity index is 2120. The van der Waals surface area contributed by atoms with E-state index >= 15 is 0 Å². The van der Waals surface area contributed by atoms with Gasteiger partial charge in [0, 0.05) is 77.4 Å². The van der Waals surface area contributed by atoms with Crippen molar-refractivity contribution < 1.29 is 62.4 Å². The van der Waals surface area contributed by atoms with E-state index in [0.717, 1.165) is 16.0 Å². The molecule has 67 heavy (non-hydrogen) atoms. The highest BCUT2D eigenvalue weighted by atomic mass is 35.5. The quantitative estimate of drug-likeness (QED) is 0.0691. The molecule has 3 fully saturated rings. The number of likely N-dealkylation sites (tertiary alicyclic amines) is 1. The number of anilines is 1. The molecule has 1 aromatic rings. The number of ether oxygens (including phenoxy) is 5. The van der Waals surface area contributed by atoms with Crippen LogP contribution in [0, 0.1) is 5.92 Å². The van der Waals surface area contributed by atoms with Crippen molar-refractivity contribution in [3.8, 4) is 5.75 Å². The minimum absolute atomic E-state index is 0.0172. The zero-order valence-corrected chi connectivity index (χ0v) is 42.5. The number of nitrogens with one attached hydrogen (secondary N) is 2. The summed E-state index contributed by atoms with van der Waals surface area (Å²) in [6, 6.07) is 2.49. The van der Waals surface area contributed by atoms with Crippen molar-refractivity contribution >= 4 is 92.2 Å². The van der Waals surface area contributed by atoms with Crippen LogP contribution in [-0.2, 0) is 54.1 Å². The number of methoxy groups -OCH3 is 2. The van der Waals surface area contributed by atoms with Gasteiger partial charge in [-0.3, -0.25) is 34.2 Å². The predicted molar refractivity (Wildman–Crippen MR) is 257 cm³/mol. The summed E-state index contributed by atoms with van der Waals surface area (Å²) < 4.78 is 29.4. The van der Waals surface area contributed by atoms with Gasteiger partial charge in [0.15, 0.2) is 5.72 Å². The van der Waals surface area contributed by atoms with Gasteiger partial charge in [0.2, 0.25) is 29.5 Å². The maximum absolute atomic E-state index is 14.3. The van der Waals surface area contributed by atoms with Crippen LogP contribution in [0.15, 0.2) is 35.9 Å². The Labute approximate surface area is 408 Å². The maximum atomic E-state index is 14.3. The Kier molecular flexibility index (Phi) is 19.0. The van der Waals surface area contributed by atoms with Crippen molar-refractivity contribution in [1.29, 1.82) is 0 Å². The van der Waals surface area contributed by atoms with E-state index in [2.05, 4.69) is 10.6 Å². The molecule has 5 rings (SSSR count). The van der Waals surface area contributed by atoms with Crippen LogP contribution in [0.1, 0.15) is 65.4 Å². The number of alkyl carbamates (subject to hydrolysis) is 1. The number of benzene rings is 1. The first-order chi connectivity index (χ1) is 31.7. The summed E-state index contributed by atoms with van der Waals surface area (Å²) >= 11 is 8.12. The Balaban J connectivity index is 1.24. The number of hydrogen-bond acceptors (Lipinski definition) is 16. The number of aliphatic hydroxyl groups is 1. The molecule has 0 aliphatic carbocycles. The number of carbonyl (C=O) groups excluding carboxylic acids is 7. The number of likely N-dealkylation sites (N-methyl/N-ethyl adjacent to an activating group) is 1. The number of carbonyl (C=O) groups is 7. The van der Waals surface area contributed by atoms with Crippen molar-refractivity contribution in [2.75, 3.05) is 64.1 Å². The molecule has 3 saturated heterocycles. The molecule has 9 atom stereocenters. The van der Waals surface area contributed by atoms with Gasteiger partial charge in [-0.1, -0.05) is 63.9 Å². The molecule has 370 valence electrons. The molecule has 0 aromatic heterocycles. The number of amides is 6. The molecule has 1 unspecified atom stereocenters. The number of allylic oxidation sites excluding steroid dienone is 3. The summed E-state index contributed by atoms with van der Waals surface area (Å²) in [5.41, 5.74) is -1.08. The van der Waals surface area contributed by atoms with Gasteiger partial charge in [-0.15, -0.1) is 0 Å². The molecule has 4 bridgehead atoms. The van der Waals surface area contributed by atoms with Crippen molar-refractivity contribution in [3.63, 3.8) is 0 Å². The number of thioether (sulfide) groups is 1. The lowest BCUT2D eigenvalue weighted by atomic mass is 9.83. The Morgan fingerprint density at radius 1 is 1.10 bits per heavy atom. The number of imide groups is 1. The molecule has 4 aliphatic heterocycles. The van der Waals surface area contributed by atoms with E-state index < -0.39 is 70.9 Å². The highest BCUT2D eigenvalue weighted by Gasteiger charge is 2.64. The van der Waals surface area contributed by atoms with Gasteiger partial charge in [0.05, 0.1) is 30.6 Å². The molecule has 4 aliphatic rings. The summed E-state index contributed by atoms with van der Waals surface area (Å²) in [4.78, 5) is 95.0. The first-order valence-electron chi connectivity index (χ1n) is 21.9. The number of nitrogens with zero attached hydrogens (tertiary/aromatic N) is 3. The molecule has 1 aromatic carbocycles. The van der Waals surface area contributed by atoms with Crippen molar-refractivity contribution in [2.45, 2.75) is 113 Å². The molecule has 18 nitrogen and oxygen atoms in total. The van der Waals surface area contributed by atoms with Crippen molar-refractivity contribution in [1.82, 2.24) is 20.4 Å². The Morgan fingerprint density at radius 2 is 1.82 bits per heavy atom. The fourth-order valence-electron chi connectivity index (χ4n) is 8.25. The first-order valence-corrected chi connectivity index (χ1v) is 26.1. The topological polar surface area (TPSA) is 223 Å². The van der Waals surface area contributed by atoms with E-state index in [9.17, 15) is 38.7 Å². The second-order valence-corrected chi connectivity index (χ2v) is 21.3. The molecule has 6 amide bonds. The van der Waals surface area contributed by atoms with Gasteiger partial charge in [-0.2, -0.15) is 11.8 Å². The van der Waals surface area contributed by atoms with Crippen LogP contribution in [0.3, 0.4) is 0 Å². The molecule has 0 spiro atoms. The Hall–Kier alpha value is -3.99. The SMILES string of the molecule is COc1cc2cc(c1Cl)N(C)C(=O)C[C@H](OC(=O)[C@H](C)N(C)C(=O)CCSSCCNC(=O)CCN1C(=O)CC(SC)C1=O)[C@@]1(C)O[C@H]1[C@H](C)[C@@H]1C[C@@](O)(NC(=O)O1)[C@H](OC)/C=C/C=C(\C)C2. The van der Waals surface area contributed by atoms with Gasteiger partial charge in [0.1, 0.15) is 40.7 Å². The van der Waals surface area contributed by atoms with Gasteiger partial charge >= 0.3 is 12.1 Å². The van der Waals surface area contributed by atoms with Gasteiger partial charge < -0.3 is 43.9 Å². The number of epoxide rings is 1. The lowest BCUT2D eigenvalue weighted by Gasteiger charge is -2.42. The molecule has 0 radical (unpaired) electrons. The fourth-order valence-corrected chi connectivity index (χ4v) is 11.1. The average Bonchev–Trinajstić information content (AvgIpc) is 3.91. The van der Waals surface area contributed by atoms with Crippen molar-refractivity contribution in [3.05, 3.63) is 46.5 Å². The van der Waals surface area contributed by atoms with E-state index in [0.29, 0.717) is 35.9 Å². The lowest BCUT2D eigenvalue weighted by Crippen LogP contribution is -2.63. The molecule has 4 heterocycles. The molecule has 3 N–H and O–H groups in total. The fraction of sp³-hybridized carbons (Fsp3) is 0.622. The van der Waals surface area contributed by atoms with E-state index in [1.807, 2.05) is 13.0 Å². The normalized spacial score (nSPS) is 29.4. The minimum atomic E-state index is -1.86. The largest absolute Gasteiger partial charge is 0.495 e. The number of hydrogen-bond donors (Lipinski definition) is 3. The Morgan fingerprint density at radius 3 is 2.49 bits per heavy atom. The van der Waals surface area contributed by atoms with Gasteiger partial charge in [-0.25, -0.2) is 9.59 Å². The third kappa shape index (κ3) is 13.2. The van der Waals surface area contributed by atoms with Crippen molar-refractivity contribution in [2.24, 2.45) is 5.92 Å². The second kappa shape index (κ2) is 23.5.